The molecule has 0 saturated heterocycles. The molecule has 2 aliphatic heterocycles. The first-order chi connectivity index (χ1) is 29.2. The summed E-state index contributed by atoms with van der Waals surface area (Å²) in [5.74, 6) is 0. The van der Waals surface area contributed by atoms with E-state index in [4.69, 9.17) is 0 Å². The van der Waals surface area contributed by atoms with Crippen LogP contribution in [0.15, 0.2) is 146 Å². The van der Waals surface area contributed by atoms with Crippen molar-refractivity contribution in [3.63, 3.8) is 0 Å². The summed E-state index contributed by atoms with van der Waals surface area (Å²) >= 11 is 0. The second-order valence-corrected chi connectivity index (χ2v) is 21.4. The van der Waals surface area contributed by atoms with Crippen LogP contribution in [0.25, 0.3) is 0 Å². The Morgan fingerprint density at radius 2 is 0.661 bits per heavy atom. The summed E-state index contributed by atoms with van der Waals surface area (Å²) in [4.78, 5) is 5.11. The van der Waals surface area contributed by atoms with Crippen LogP contribution in [-0.2, 0) is 21.7 Å². The van der Waals surface area contributed by atoms with Crippen LogP contribution in [0.3, 0.4) is 0 Å². The molecule has 0 saturated carbocycles. The fraction of sp³-hybridized carbons (Fsp3) is 0.288. The third kappa shape index (κ3) is 6.99. The van der Waals surface area contributed by atoms with Crippen LogP contribution >= 0.6 is 0 Å². The van der Waals surface area contributed by atoms with E-state index in [9.17, 15) is 0 Å². The molecular formula is C59H63BN2. The molecule has 9 rings (SSSR count). The van der Waals surface area contributed by atoms with Gasteiger partial charge < -0.3 is 9.80 Å². The van der Waals surface area contributed by atoms with Gasteiger partial charge in [-0.25, -0.2) is 0 Å². The molecule has 312 valence electrons. The maximum atomic E-state index is 2.55. The van der Waals surface area contributed by atoms with Crippen molar-refractivity contribution in [2.75, 3.05) is 9.80 Å². The monoisotopic (exact) mass is 811 g/mol. The van der Waals surface area contributed by atoms with Crippen LogP contribution in [-0.4, -0.2) is 6.71 Å². The molecular weight excluding hydrogens is 747 g/mol. The number of aryl methyl sites for hydroxylation is 3. The average Bonchev–Trinajstić information content (AvgIpc) is 3.23. The highest BCUT2D eigenvalue weighted by molar-refractivity contribution is 7.00. The van der Waals surface area contributed by atoms with Gasteiger partial charge in [-0.2, -0.15) is 0 Å². The third-order valence-corrected chi connectivity index (χ3v) is 14.2. The normalized spacial score (nSPS) is 13.8. The maximum Gasteiger partial charge on any atom is 0.252 e. The lowest BCUT2D eigenvalue weighted by atomic mass is 9.33. The highest BCUT2D eigenvalue weighted by Crippen LogP contribution is 2.47. The Kier molecular flexibility index (Phi) is 9.82. The zero-order valence-electron chi connectivity index (χ0n) is 39.3. The third-order valence-electron chi connectivity index (χ3n) is 14.2. The van der Waals surface area contributed by atoms with E-state index in [1.165, 1.54) is 101 Å². The van der Waals surface area contributed by atoms with Crippen LogP contribution in [0.1, 0.15) is 119 Å². The largest absolute Gasteiger partial charge is 0.311 e. The fourth-order valence-electron chi connectivity index (χ4n) is 9.97. The van der Waals surface area contributed by atoms with Crippen LogP contribution < -0.4 is 26.2 Å². The van der Waals surface area contributed by atoms with Gasteiger partial charge in [0.15, 0.2) is 0 Å². The van der Waals surface area contributed by atoms with Gasteiger partial charge in [-0.1, -0.05) is 177 Å². The molecule has 62 heavy (non-hydrogen) atoms. The standard InChI is InChI=1S/C59H63BN2/c1-38-14-18-42(19-15-38)58(10,11)44-24-30-48(31-25-44)62-51-32-26-45(57(7,8)9)36-49(51)60-50-37-46(59(12,13)43-20-16-39(2)17-21-43)27-33-52(50)61(53-34-40(3)35-54(62)55(53)60)47-28-22-41(23-29-47)56(4,5)6/h14-37H,1-13H3. The molecule has 0 spiro atoms. The molecule has 0 bridgehead atoms. The molecule has 0 radical (unpaired) electrons. The quantitative estimate of drug-likeness (QED) is 0.154. The second-order valence-electron chi connectivity index (χ2n) is 21.4. The van der Waals surface area contributed by atoms with E-state index in [-0.39, 0.29) is 28.4 Å². The van der Waals surface area contributed by atoms with Crippen molar-refractivity contribution in [3.05, 3.63) is 196 Å². The van der Waals surface area contributed by atoms with Gasteiger partial charge in [0.2, 0.25) is 0 Å². The number of benzene rings is 7. The fourth-order valence-corrected chi connectivity index (χ4v) is 9.97. The molecule has 2 heterocycles. The van der Waals surface area contributed by atoms with Crippen LogP contribution in [0.5, 0.6) is 0 Å². The molecule has 3 heteroatoms. The van der Waals surface area contributed by atoms with Crippen molar-refractivity contribution in [2.24, 2.45) is 0 Å². The summed E-state index contributed by atoms with van der Waals surface area (Å²) in [7, 11) is 0. The lowest BCUT2D eigenvalue weighted by Gasteiger charge is -2.45. The topological polar surface area (TPSA) is 6.48 Å². The molecule has 7 aromatic rings. The number of fused-ring (bicyclic) bond motifs is 4. The molecule has 0 aromatic heterocycles. The van der Waals surface area contributed by atoms with E-state index >= 15 is 0 Å². The summed E-state index contributed by atoms with van der Waals surface area (Å²) in [6.07, 6.45) is 0. The molecule has 2 aliphatic rings. The molecule has 2 nitrogen and oxygen atoms in total. The first-order valence-corrected chi connectivity index (χ1v) is 22.6. The van der Waals surface area contributed by atoms with Crippen LogP contribution in [0.2, 0.25) is 0 Å². The summed E-state index contributed by atoms with van der Waals surface area (Å²) in [5.41, 5.74) is 22.9. The van der Waals surface area contributed by atoms with E-state index in [2.05, 4.69) is 245 Å². The maximum absolute atomic E-state index is 2.55. The SMILES string of the molecule is Cc1ccc(C(C)(C)c2ccc(N3c4ccc(C(C)(C)C)cc4B4c5cc(C(C)(C)c6ccc(C)cc6)ccc5N(c5ccc(C(C)(C)C)cc5)c5cc(C)cc3c54)cc2)cc1. The Hall–Kier alpha value is -5.80. The Balaban J connectivity index is 1.30. The minimum Gasteiger partial charge on any atom is -0.311 e. The average molecular weight is 811 g/mol. The summed E-state index contributed by atoms with van der Waals surface area (Å²) in [6.45, 7) is 30.0. The first kappa shape index (κ1) is 41.6. The first-order valence-electron chi connectivity index (χ1n) is 22.6. The molecule has 0 atom stereocenters. The Morgan fingerprint density at radius 1 is 0.323 bits per heavy atom. The molecule has 0 aliphatic carbocycles. The van der Waals surface area contributed by atoms with Gasteiger partial charge in [-0.05, 0) is 135 Å². The number of anilines is 6. The van der Waals surface area contributed by atoms with Crippen LogP contribution in [0, 0.1) is 20.8 Å². The van der Waals surface area contributed by atoms with E-state index in [1.54, 1.807) is 0 Å². The smallest absolute Gasteiger partial charge is 0.252 e. The van der Waals surface area contributed by atoms with E-state index in [0.29, 0.717) is 0 Å². The predicted molar refractivity (Wildman–Crippen MR) is 269 cm³/mol. The number of nitrogens with zero attached hydrogens (tertiary/aromatic N) is 2. The number of hydrogen-bond donors (Lipinski definition) is 0. The number of hydrogen-bond acceptors (Lipinski definition) is 2. The van der Waals surface area contributed by atoms with Gasteiger partial charge in [0, 0.05) is 45.0 Å². The molecule has 7 aromatic carbocycles. The zero-order valence-corrected chi connectivity index (χ0v) is 39.3. The van der Waals surface area contributed by atoms with Gasteiger partial charge in [0.1, 0.15) is 0 Å². The van der Waals surface area contributed by atoms with Crippen molar-refractivity contribution in [2.45, 2.75) is 112 Å². The minimum atomic E-state index is -0.205. The van der Waals surface area contributed by atoms with Gasteiger partial charge in [0.25, 0.3) is 6.71 Å². The van der Waals surface area contributed by atoms with Gasteiger partial charge in [-0.15, -0.1) is 0 Å². The lowest BCUT2D eigenvalue weighted by molar-refractivity contribution is 0.590. The zero-order chi connectivity index (χ0) is 44.1. The van der Waals surface area contributed by atoms with Crippen molar-refractivity contribution in [1.29, 1.82) is 0 Å². The molecule has 0 N–H and O–H groups in total. The lowest BCUT2D eigenvalue weighted by Crippen LogP contribution is -2.61. The number of rotatable bonds is 6. The van der Waals surface area contributed by atoms with Crippen molar-refractivity contribution >= 4 is 57.2 Å². The second kappa shape index (κ2) is 14.7. The highest BCUT2D eigenvalue weighted by atomic mass is 15.2. The van der Waals surface area contributed by atoms with Crippen molar-refractivity contribution in [1.82, 2.24) is 0 Å². The predicted octanol–water partition coefficient (Wildman–Crippen LogP) is 13.9. The van der Waals surface area contributed by atoms with Gasteiger partial charge >= 0.3 is 0 Å². The van der Waals surface area contributed by atoms with E-state index in [0.717, 1.165) is 0 Å². The molecule has 0 unspecified atom stereocenters. The molecule has 0 fully saturated rings. The van der Waals surface area contributed by atoms with Gasteiger partial charge in [-0.3, -0.25) is 0 Å². The van der Waals surface area contributed by atoms with E-state index in [1.807, 2.05) is 0 Å². The van der Waals surface area contributed by atoms with Crippen LogP contribution in [0.4, 0.5) is 34.1 Å². The summed E-state index contributed by atoms with van der Waals surface area (Å²) < 4.78 is 0. The summed E-state index contributed by atoms with van der Waals surface area (Å²) in [6, 6.07) is 56.4. The minimum absolute atomic E-state index is 0.0208. The van der Waals surface area contributed by atoms with Crippen molar-refractivity contribution < 1.29 is 0 Å². The van der Waals surface area contributed by atoms with E-state index < -0.39 is 0 Å². The molecule has 0 amide bonds. The Labute approximate surface area is 372 Å². The Morgan fingerprint density at radius 3 is 1.08 bits per heavy atom. The van der Waals surface area contributed by atoms with Crippen molar-refractivity contribution in [3.8, 4) is 0 Å². The Bertz CT molecular complexity index is 2810. The van der Waals surface area contributed by atoms with Gasteiger partial charge in [0.05, 0.1) is 0 Å². The highest BCUT2D eigenvalue weighted by Gasteiger charge is 2.44. The summed E-state index contributed by atoms with van der Waals surface area (Å²) in [5, 5.41) is 0.